The van der Waals surface area contributed by atoms with E-state index in [4.69, 9.17) is 11.6 Å². The molecule has 200 valence electrons. The minimum atomic E-state index is -4.61. The first-order chi connectivity index (χ1) is 17.4. The number of ketones is 1. The molecule has 0 saturated heterocycles. The Labute approximate surface area is 222 Å². The molecule has 0 unspecified atom stereocenters. The van der Waals surface area contributed by atoms with Gasteiger partial charge in [-0.2, -0.15) is 13.2 Å². The quantitative estimate of drug-likeness (QED) is 0.304. The summed E-state index contributed by atoms with van der Waals surface area (Å²) in [5, 5.41) is 10.9. The van der Waals surface area contributed by atoms with Crippen LogP contribution in [0.1, 0.15) is 18.4 Å². The molecule has 2 aromatic carbocycles. The van der Waals surface area contributed by atoms with Gasteiger partial charge in [0.15, 0.2) is 0 Å². The number of nitrogens with one attached hydrogen (secondary N) is 1. The number of pyridine rings is 1. The number of likely N-dealkylation sites (N-methyl/N-ethyl adjacent to an activating group) is 2. The molecule has 0 bridgehead atoms. The summed E-state index contributed by atoms with van der Waals surface area (Å²) in [5.74, 6) is -0.373. The number of thioether (sulfide) groups is 1. The second kappa shape index (κ2) is 12.3. The number of phenolic OH excluding ortho intramolecular Hbond substituents is 1. The summed E-state index contributed by atoms with van der Waals surface area (Å²) in [4.78, 5) is 32.5. The normalized spacial score (nSPS) is 12.1. The van der Waals surface area contributed by atoms with Crippen molar-refractivity contribution >= 4 is 40.0 Å². The summed E-state index contributed by atoms with van der Waals surface area (Å²) in [6, 6.07) is 7.12. The van der Waals surface area contributed by atoms with Crippen LogP contribution >= 0.6 is 23.4 Å². The van der Waals surface area contributed by atoms with Crippen LogP contribution in [0.5, 0.6) is 5.75 Å². The lowest BCUT2D eigenvalue weighted by Crippen LogP contribution is -2.29. The zero-order valence-corrected chi connectivity index (χ0v) is 22.4. The van der Waals surface area contributed by atoms with Crippen molar-refractivity contribution in [1.29, 1.82) is 0 Å². The van der Waals surface area contributed by atoms with Crippen molar-refractivity contribution < 1.29 is 23.1 Å². The summed E-state index contributed by atoms with van der Waals surface area (Å²) < 4.78 is 40.5. The van der Waals surface area contributed by atoms with E-state index >= 15 is 0 Å². The van der Waals surface area contributed by atoms with Gasteiger partial charge in [0, 0.05) is 46.6 Å². The highest BCUT2D eigenvalue weighted by atomic mass is 35.5. The van der Waals surface area contributed by atoms with Crippen molar-refractivity contribution in [3.05, 3.63) is 57.3 Å². The molecule has 0 aliphatic rings. The third-order valence-corrected chi connectivity index (χ3v) is 7.21. The van der Waals surface area contributed by atoms with Gasteiger partial charge in [-0.1, -0.05) is 11.6 Å². The van der Waals surface area contributed by atoms with Gasteiger partial charge in [0.25, 0.3) is 5.56 Å². The molecule has 1 aromatic heterocycles. The third-order valence-electron chi connectivity index (χ3n) is 5.83. The van der Waals surface area contributed by atoms with Crippen LogP contribution in [0, 0.1) is 0 Å². The molecule has 0 aliphatic heterocycles. The van der Waals surface area contributed by atoms with Crippen LogP contribution in [0.3, 0.4) is 0 Å². The molecular weight excluding hydrogens is 527 g/mol. The van der Waals surface area contributed by atoms with Crippen molar-refractivity contribution in [2.45, 2.75) is 23.9 Å². The van der Waals surface area contributed by atoms with Crippen LogP contribution in [0.4, 0.5) is 13.2 Å². The van der Waals surface area contributed by atoms with Crippen molar-refractivity contribution in [2.75, 3.05) is 46.5 Å². The average Bonchev–Trinajstić information content (AvgIpc) is 2.82. The number of carbonyl (C=O) groups excluding carboxylic acids is 1. The number of benzene rings is 2. The highest BCUT2D eigenvalue weighted by Crippen LogP contribution is 2.42. The topological polar surface area (TPSA) is 76.6 Å². The predicted octanol–water partition coefficient (Wildman–Crippen LogP) is 5.51. The number of H-pyrrole nitrogens is 1. The van der Waals surface area contributed by atoms with E-state index in [2.05, 4.69) is 14.8 Å². The summed E-state index contributed by atoms with van der Waals surface area (Å²) in [6.07, 6.45) is -3.66. The molecule has 0 amide bonds. The van der Waals surface area contributed by atoms with Crippen LogP contribution in [0.2, 0.25) is 5.02 Å². The number of phenols is 1. The molecule has 11 heteroatoms. The molecule has 0 radical (unpaired) electrons. The van der Waals surface area contributed by atoms with Crippen LogP contribution in [-0.2, 0) is 11.0 Å². The molecule has 1 heterocycles. The number of carbonyl (C=O) groups is 1. The highest BCUT2D eigenvalue weighted by molar-refractivity contribution is 8.00. The number of aromatic hydroxyl groups is 1. The van der Waals surface area contributed by atoms with E-state index in [1.807, 2.05) is 21.1 Å². The molecule has 6 nitrogen and oxygen atoms in total. The number of aromatic amines is 1. The minimum Gasteiger partial charge on any atom is -0.507 e. The second-order valence-electron chi connectivity index (χ2n) is 9.12. The standard InChI is InChI=1S/C26H29ClF3N3O3S/c1-32(2)11-12-33(3)10-4-5-18(34)15-37-24-23(20-14-17(27)7-9-22(20)35)19-13-16(26(28,29)30)6-8-21(19)31-25(24)36/h6-9,13-14,35H,4-5,10-12,15H2,1-3H3,(H,31,36). The number of rotatable bonds is 11. The van der Waals surface area contributed by atoms with Crippen LogP contribution in [-0.4, -0.2) is 72.2 Å². The molecule has 3 aromatic rings. The maximum absolute atomic E-state index is 13.5. The first kappa shape index (κ1) is 29.0. The van der Waals surface area contributed by atoms with E-state index in [0.717, 1.165) is 43.5 Å². The van der Waals surface area contributed by atoms with Gasteiger partial charge >= 0.3 is 6.18 Å². The number of Topliss-reactive ketones (excluding diaryl/α,β-unsaturated/α-hetero) is 1. The zero-order valence-electron chi connectivity index (χ0n) is 20.8. The molecule has 3 rings (SSSR count). The predicted molar refractivity (Wildman–Crippen MR) is 143 cm³/mol. The number of nitrogens with zero attached hydrogens (tertiary/aromatic N) is 2. The molecule has 2 N–H and O–H groups in total. The van der Waals surface area contributed by atoms with E-state index in [1.54, 1.807) is 0 Å². The highest BCUT2D eigenvalue weighted by Gasteiger charge is 2.31. The lowest BCUT2D eigenvalue weighted by Gasteiger charge is -2.19. The Morgan fingerprint density at radius 1 is 1.08 bits per heavy atom. The Bertz CT molecular complexity index is 1330. The van der Waals surface area contributed by atoms with Crippen molar-refractivity contribution in [2.24, 2.45) is 0 Å². The Morgan fingerprint density at radius 2 is 1.81 bits per heavy atom. The minimum absolute atomic E-state index is 0.0384. The first-order valence-corrected chi connectivity index (χ1v) is 13.0. The Kier molecular flexibility index (Phi) is 9.68. The Morgan fingerprint density at radius 3 is 2.49 bits per heavy atom. The maximum atomic E-state index is 13.5. The lowest BCUT2D eigenvalue weighted by atomic mass is 9.98. The number of halogens is 4. The number of aromatic nitrogens is 1. The van der Waals surface area contributed by atoms with Gasteiger partial charge < -0.3 is 19.9 Å². The fourth-order valence-electron chi connectivity index (χ4n) is 3.82. The SMILES string of the molecule is CN(C)CCN(C)CCCC(=O)CSc1c(-c2cc(Cl)ccc2O)c2cc(C(F)(F)F)ccc2[nH]c1=O. The summed E-state index contributed by atoms with van der Waals surface area (Å²) in [6.45, 7) is 2.51. The van der Waals surface area contributed by atoms with Gasteiger partial charge in [-0.15, -0.1) is 11.8 Å². The van der Waals surface area contributed by atoms with E-state index in [0.29, 0.717) is 12.8 Å². The maximum Gasteiger partial charge on any atom is 0.416 e. The number of hydrogen-bond donors (Lipinski definition) is 2. The van der Waals surface area contributed by atoms with Crippen molar-refractivity contribution in [1.82, 2.24) is 14.8 Å². The molecule has 37 heavy (non-hydrogen) atoms. The fourth-order valence-corrected chi connectivity index (χ4v) is 4.99. The van der Waals surface area contributed by atoms with Crippen molar-refractivity contribution in [3.63, 3.8) is 0 Å². The monoisotopic (exact) mass is 555 g/mol. The van der Waals surface area contributed by atoms with Crippen LogP contribution in [0.15, 0.2) is 46.1 Å². The van der Waals surface area contributed by atoms with Gasteiger partial charge in [0.2, 0.25) is 0 Å². The average molecular weight is 556 g/mol. The lowest BCUT2D eigenvalue weighted by molar-refractivity contribution is -0.137. The summed E-state index contributed by atoms with van der Waals surface area (Å²) in [5.41, 5.74) is -1.08. The van der Waals surface area contributed by atoms with Gasteiger partial charge in [-0.05, 0) is 70.5 Å². The number of alkyl halides is 3. The number of hydrogen-bond acceptors (Lipinski definition) is 6. The third kappa shape index (κ3) is 7.73. The summed E-state index contributed by atoms with van der Waals surface area (Å²) in [7, 11) is 5.96. The van der Waals surface area contributed by atoms with Crippen LogP contribution in [0.25, 0.3) is 22.0 Å². The largest absolute Gasteiger partial charge is 0.507 e. The van der Waals surface area contributed by atoms with Crippen molar-refractivity contribution in [3.8, 4) is 16.9 Å². The zero-order chi connectivity index (χ0) is 27.3. The van der Waals surface area contributed by atoms with Gasteiger partial charge in [-0.3, -0.25) is 9.59 Å². The van der Waals surface area contributed by atoms with Crippen LogP contribution < -0.4 is 5.56 Å². The van der Waals surface area contributed by atoms with E-state index in [1.165, 1.54) is 24.3 Å². The molecule has 0 aliphatic carbocycles. The van der Waals surface area contributed by atoms with Gasteiger partial charge in [0.05, 0.1) is 16.2 Å². The number of fused-ring (bicyclic) bond motifs is 1. The smallest absolute Gasteiger partial charge is 0.416 e. The molecule has 0 atom stereocenters. The van der Waals surface area contributed by atoms with E-state index < -0.39 is 17.3 Å². The molecule has 0 saturated carbocycles. The molecule has 0 spiro atoms. The molecular formula is C26H29ClF3N3O3S. The van der Waals surface area contributed by atoms with Gasteiger partial charge in [-0.25, -0.2) is 0 Å². The fraction of sp³-hybridized carbons (Fsp3) is 0.385. The Hall–Kier alpha value is -2.53. The first-order valence-electron chi connectivity index (χ1n) is 11.6. The second-order valence-corrected chi connectivity index (χ2v) is 10.5. The van der Waals surface area contributed by atoms with E-state index in [9.17, 15) is 27.9 Å². The van der Waals surface area contributed by atoms with E-state index in [-0.39, 0.29) is 49.2 Å². The summed E-state index contributed by atoms with van der Waals surface area (Å²) >= 11 is 7.06. The Balaban J connectivity index is 1.92. The van der Waals surface area contributed by atoms with Gasteiger partial charge in [0.1, 0.15) is 11.5 Å². The molecule has 0 fully saturated rings.